The Hall–Kier alpha value is -3.29. The minimum atomic E-state index is -4.97. The Morgan fingerprint density at radius 2 is 1.82 bits per heavy atom. The SMILES string of the molecule is CCc1cc2c(=O)c(Oc3ccccc3)c(C(F)(F)F)oc2cc1OC(C)=O. The molecule has 0 spiro atoms. The zero-order chi connectivity index (χ0) is 20.5. The van der Waals surface area contributed by atoms with E-state index < -0.39 is 29.1 Å². The van der Waals surface area contributed by atoms with Crippen molar-refractivity contribution in [2.24, 2.45) is 0 Å². The van der Waals surface area contributed by atoms with E-state index in [1.54, 1.807) is 25.1 Å². The summed E-state index contributed by atoms with van der Waals surface area (Å²) in [5.74, 6) is -3.06. The van der Waals surface area contributed by atoms with Crippen LogP contribution in [0, 0.1) is 0 Å². The number of carbonyl (C=O) groups excluding carboxylic acids is 1. The van der Waals surface area contributed by atoms with Crippen LogP contribution in [0.2, 0.25) is 0 Å². The number of fused-ring (bicyclic) bond motifs is 1. The lowest BCUT2D eigenvalue weighted by molar-refractivity contribution is -0.154. The molecule has 2 aromatic carbocycles. The van der Waals surface area contributed by atoms with Gasteiger partial charge in [-0.3, -0.25) is 9.59 Å². The highest BCUT2D eigenvalue weighted by atomic mass is 19.4. The molecule has 3 aromatic rings. The predicted molar refractivity (Wildman–Crippen MR) is 94.7 cm³/mol. The Bertz CT molecular complexity index is 1080. The summed E-state index contributed by atoms with van der Waals surface area (Å²) in [7, 11) is 0. The van der Waals surface area contributed by atoms with E-state index in [9.17, 15) is 22.8 Å². The van der Waals surface area contributed by atoms with E-state index in [2.05, 4.69) is 0 Å². The minimum Gasteiger partial charge on any atom is -0.449 e. The van der Waals surface area contributed by atoms with Crippen LogP contribution in [-0.2, 0) is 17.4 Å². The first-order valence-corrected chi connectivity index (χ1v) is 8.33. The second-order valence-electron chi connectivity index (χ2n) is 5.91. The fourth-order valence-electron chi connectivity index (χ4n) is 2.66. The second kappa shape index (κ2) is 7.38. The third-order valence-electron chi connectivity index (χ3n) is 3.89. The number of aryl methyl sites for hydroxylation is 1. The summed E-state index contributed by atoms with van der Waals surface area (Å²) < 4.78 is 55.8. The third kappa shape index (κ3) is 3.85. The number of esters is 1. The molecule has 1 heterocycles. The largest absolute Gasteiger partial charge is 0.453 e. The maximum Gasteiger partial charge on any atom is 0.453 e. The van der Waals surface area contributed by atoms with E-state index in [-0.39, 0.29) is 22.5 Å². The summed E-state index contributed by atoms with van der Waals surface area (Å²) in [5, 5.41) is -0.105. The van der Waals surface area contributed by atoms with Crippen LogP contribution in [0.15, 0.2) is 51.7 Å². The fourth-order valence-corrected chi connectivity index (χ4v) is 2.66. The summed E-state index contributed by atoms with van der Waals surface area (Å²) in [6, 6.07) is 10.1. The van der Waals surface area contributed by atoms with Crippen molar-refractivity contribution in [3.05, 3.63) is 64.0 Å². The molecule has 28 heavy (non-hydrogen) atoms. The maximum absolute atomic E-state index is 13.5. The van der Waals surface area contributed by atoms with Gasteiger partial charge in [-0.2, -0.15) is 13.2 Å². The Morgan fingerprint density at radius 1 is 1.14 bits per heavy atom. The van der Waals surface area contributed by atoms with Crippen LogP contribution in [0.25, 0.3) is 11.0 Å². The van der Waals surface area contributed by atoms with Crippen LogP contribution in [-0.4, -0.2) is 5.97 Å². The lowest BCUT2D eigenvalue weighted by Crippen LogP contribution is -2.16. The van der Waals surface area contributed by atoms with Gasteiger partial charge in [0.2, 0.25) is 11.2 Å². The number of halogens is 3. The van der Waals surface area contributed by atoms with Crippen molar-refractivity contribution in [1.29, 1.82) is 0 Å². The highest BCUT2D eigenvalue weighted by Gasteiger charge is 2.40. The number of hydrogen-bond donors (Lipinski definition) is 0. The van der Waals surface area contributed by atoms with Gasteiger partial charge in [-0.1, -0.05) is 25.1 Å². The molecule has 0 saturated carbocycles. The van der Waals surface area contributed by atoms with Crippen LogP contribution < -0.4 is 14.9 Å². The van der Waals surface area contributed by atoms with Crippen molar-refractivity contribution in [2.45, 2.75) is 26.4 Å². The van der Waals surface area contributed by atoms with Gasteiger partial charge in [0.1, 0.15) is 17.1 Å². The number of rotatable bonds is 4. The molecular formula is C20H15F3O5. The number of carbonyl (C=O) groups is 1. The van der Waals surface area contributed by atoms with Crippen molar-refractivity contribution >= 4 is 16.9 Å². The van der Waals surface area contributed by atoms with Crippen molar-refractivity contribution in [2.75, 3.05) is 0 Å². The standard InChI is InChI=1S/C20H15F3O5/c1-3-12-9-14-16(10-15(12)26-11(2)24)28-19(20(21,22)23)18(17(14)25)27-13-7-5-4-6-8-13/h4-10H,3H2,1-2H3. The first-order valence-electron chi connectivity index (χ1n) is 8.33. The van der Waals surface area contributed by atoms with Crippen molar-refractivity contribution in [3.8, 4) is 17.2 Å². The van der Waals surface area contributed by atoms with Crippen LogP contribution in [0.3, 0.4) is 0 Å². The minimum absolute atomic E-state index is 0.0375. The zero-order valence-corrected chi connectivity index (χ0v) is 14.9. The van der Waals surface area contributed by atoms with Crippen molar-refractivity contribution in [1.82, 2.24) is 0 Å². The quantitative estimate of drug-likeness (QED) is 0.457. The van der Waals surface area contributed by atoms with E-state index in [1.165, 1.54) is 18.2 Å². The van der Waals surface area contributed by atoms with Gasteiger partial charge in [0, 0.05) is 13.0 Å². The van der Waals surface area contributed by atoms with Crippen LogP contribution in [0.4, 0.5) is 13.2 Å². The maximum atomic E-state index is 13.5. The molecule has 0 atom stereocenters. The summed E-state index contributed by atoms with van der Waals surface area (Å²) in [5.41, 5.74) is -0.854. The van der Waals surface area contributed by atoms with Crippen LogP contribution in [0.5, 0.6) is 17.2 Å². The van der Waals surface area contributed by atoms with Gasteiger partial charge in [0.25, 0.3) is 5.76 Å². The lowest BCUT2D eigenvalue weighted by Gasteiger charge is -2.14. The average molecular weight is 392 g/mol. The topological polar surface area (TPSA) is 65.7 Å². The van der Waals surface area contributed by atoms with Gasteiger partial charge >= 0.3 is 12.1 Å². The van der Waals surface area contributed by atoms with Gasteiger partial charge in [-0.25, -0.2) is 0 Å². The molecule has 0 aliphatic rings. The van der Waals surface area contributed by atoms with Crippen LogP contribution in [0.1, 0.15) is 25.2 Å². The zero-order valence-electron chi connectivity index (χ0n) is 14.9. The third-order valence-corrected chi connectivity index (χ3v) is 3.89. The van der Waals surface area contributed by atoms with Crippen LogP contribution >= 0.6 is 0 Å². The van der Waals surface area contributed by atoms with E-state index in [0.717, 1.165) is 13.0 Å². The number of alkyl halides is 3. The fraction of sp³-hybridized carbons (Fsp3) is 0.200. The Kier molecular flexibility index (Phi) is 5.13. The number of benzene rings is 2. The molecule has 8 heteroatoms. The Morgan fingerprint density at radius 3 is 2.39 bits per heavy atom. The first-order chi connectivity index (χ1) is 13.2. The smallest absolute Gasteiger partial charge is 0.449 e. The molecule has 146 valence electrons. The lowest BCUT2D eigenvalue weighted by atomic mass is 10.1. The second-order valence-corrected chi connectivity index (χ2v) is 5.91. The summed E-state index contributed by atoms with van der Waals surface area (Å²) in [6.45, 7) is 2.92. The Labute approximate surface area is 157 Å². The van der Waals surface area contributed by atoms with E-state index in [1.807, 2.05) is 0 Å². The van der Waals surface area contributed by atoms with E-state index in [4.69, 9.17) is 13.9 Å². The van der Waals surface area contributed by atoms with Gasteiger partial charge < -0.3 is 13.9 Å². The molecule has 0 aliphatic heterocycles. The molecule has 0 unspecified atom stereocenters. The highest BCUT2D eigenvalue weighted by Crippen LogP contribution is 2.39. The predicted octanol–water partition coefficient (Wildman–Crippen LogP) is 5.09. The molecule has 1 aromatic heterocycles. The van der Waals surface area contributed by atoms with E-state index >= 15 is 0 Å². The first kappa shape index (κ1) is 19.5. The molecule has 3 rings (SSSR count). The molecular weight excluding hydrogens is 377 g/mol. The van der Waals surface area contributed by atoms with Gasteiger partial charge in [0.15, 0.2) is 0 Å². The van der Waals surface area contributed by atoms with Gasteiger partial charge in [0.05, 0.1) is 5.39 Å². The van der Waals surface area contributed by atoms with Gasteiger partial charge in [-0.15, -0.1) is 0 Å². The molecule has 0 N–H and O–H groups in total. The number of hydrogen-bond acceptors (Lipinski definition) is 5. The molecule has 0 radical (unpaired) electrons. The average Bonchev–Trinajstić information content (AvgIpc) is 2.63. The number of ether oxygens (including phenoxy) is 2. The molecule has 0 amide bonds. The normalized spacial score (nSPS) is 11.5. The number of para-hydroxylation sites is 1. The molecule has 0 saturated heterocycles. The Balaban J connectivity index is 2.28. The summed E-state index contributed by atoms with van der Waals surface area (Å²) in [4.78, 5) is 24.1. The van der Waals surface area contributed by atoms with Gasteiger partial charge in [-0.05, 0) is 30.2 Å². The van der Waals surface area contributed by atoms with Crippen molar-refractivity contribution < 1.29 is 31.9 Å². The molecule has 0 fully saturated rings. The van der Waals surface area contributed by atoms with E-state index in [0.29, 0.717) is 12.0 Å². The summed E-state index contributed by atoms with van der Waals surface area (Å²) >= 11 is 0. The molecule has 5 nitrogen and oxygen atoms in total. The van der Waals surface area contributed by atoms with Crippen molar-refractivity contribution in [3.63, 3.8) is 0 Å². The summed E-state index contributed by atoms with van der Waals surface area (Å²) in [6.07, 6.45) is -4.59. The highest BCUT2D eigenvalue weighted by molar-refractivity contribution is 5.82. The molecule has 0 bridgehead atoms. The molecule has 0 aliphatic carbocycles. The monoisotopic (exact) mass is 392 g/mol.